The van der Waals surface area contributed by atoms with E-state index in [0.29, 0.717) is 5.69 Å². The van der Waals surface area contributed by atoms with Gasteiger partial charge in [0.2, 0.25) is 0 Å². The monoisotopic (exact) mass is 254 g/mol. The van der Waals surface area contributed by atoms with E-state index in [1.807, 2.05) is 19.1 Å². The predicted octanol–water partition coefficient (Wildman–Crippen LogP) is 3.02. The van der Waals surface area contributed by atoms with Crippen LogP contribution in [0.3, 0.4) is 0 Å². The maximum Gasteiger partial charge on any atom is 0.185 e. The first-order valence-electron chi connectivity index (χ1n) is 4.46. The van der Waals surface area contributed by atoms with E-state index in [0.717, 1.165) is 29.9 Å². The number of nitrogens with zero attached hydrogens (tertiary/aromatic N) is 1. The molecule has 0 aliphatic heterocycles. The Morgan fingerprint density at radius 1 is 1.43 bits per heavy atom. The summed E-state index contributed by atoms with van der Waals surface area (Å²) in [6.45, 7) is 1.84. The summed E-state index contributed by atoms with van der Waals surface area (Å²) in [4.78, 5) is 0. The SMILES string of the molecule is Cc1noc(C2=CC=C(Br)CC2)c1N. The molecule has 3 nitrogen and oxygen atoms in total. The lowest BCUT2D eigenvalue weighted by molar-refractivity contribution is 0.404. The van der Waals surface area contributed by atoms with Gasteiger partial charge in [0, 0.05) is 5.57 Å². The molecule has 1 heterocycles. The van der Waals surface area contributed by atoms with Crippen molar-refractivity contribution in [3.05, 3.63) is 28.1 Å². The summed E-state index contributed by atoms with van der Waals surface area (Å²) < 4.78 is 6.39. The minimum absolute atomic E-state index is 0.655. The van der Waals surface area contributed by atoms with Crippen molar-refractivity contribution in [2.24, 2.45) is 0 Å². The number of halogens is 1. The number of aromatic nitrogens is 1. The molecule has 0 atom stereocenters. The van der Waals surface area contributed by atoms with Crippen molar-refractivity contribution in [1.29, 1.82) is 0 Å². The number of allylic oxidation sites excluding steroid dienone is 4. The van der Waals surface area contributed by atoms with Crippen molar-refractivity contribution < 1.29 is 4.52 Å². The lowest BCUT2D eigenvalue weighted by atomic mass is 10.0. The van der Waals surface area contributed by atoms with Crippen LogP contribution in [-0.2, 0) is 0 Å². The minimum atomic E-state index is 0.655. The number of nitrogen functional groups attached to an aromatic ring is 1. The lowest BCUT2D eigenvalue weighted by Crippen LogP contribution is -1.94. The molecule has 0 fully saturated rings. The largest absolute Gasteiger partial charge is 0.394 e. The third kappa shape index (κ3) is 1.62. The molecule has 0 radical (unpaired) electrons. The molecule has 4 heteroatoms. The summed E-state index contributed by atoms with van der Waals surface area (Å²) in [6.07, 6.45) is 5.97. The van der Waals surface area contributed by atoms with Crippen LogP contribution in [0.5, 0.6) is 0 Å². The molecule has 0 amide bonds. The van der Waals surface area contributed by atoms with Gasteiger partial charge in [0.25, 0.3) is 0 Å². The Hall–Kier alpha value is -1.03. The van der Waals surface area contributed by atoms with Crippen molar-refractivity contribution in [3.63, 3.8) is 0 Å². The van der Waals surface area contributed by atoms with Crippen LogP contribution in [0.1, 0.15) is 24.3 Å². The maximum absolute atomic E-state index is 5.84. The quantitative estimate of drug-likeness (QED) is 0.839. The van der Waals surface area contributed by atoms with Crippen molar-refractivity contribution in [3.8, 4) is 0 Å². The molecule has 0 bridgehead atoms. The van der Waals surface area contributed by atoms with Gasteiger partial charge in [-0.05, 0) is 24.2 Å². The second kappa shape index (κ2) is 3.61. The molecule has 0 spiro atoms. The van der Waals surface area contributed by atoms with E-state index < -0.39 is 0 Å². The minimum Gasteiger partial charge on any atom is -0.394 e. The van der Waals surface area contributed by atoms with Gasteiger partial charge in [-0.2, -0.15) is 0 Å². The van der Waals surface area contributed by atoms with Crippen LogP contribution in [-0.4, -0.2) is 5.16 Å². The Bertz CT molecular complexity index is 418. The highest BCUT2D eigenvalue weighted by molar-refractivity contribution is 9.11. The van der Waals surface area contributed by atoms with Crippen molar-refractivity contribution in [2.75, 3.05) is 5.73 Å². The predicted molar refractivity (Wildman–Crippen MR) is 59.9 cm³/mol. The van der Waals surface area contributed by atoms with Gasteiger partial charge in [-0.25, -0.2) is 0 Å². The lowest BCUT2D eigenvalue weighted by Gasteiger charge is -2.08. The summed E-state index contributed by atoms with van der Waals surface area (Å²) in [5.41, 5.74) is 8.37. The van der Waals surface area contributed by atoms with Crippen LogP contribution < -0.4 is 5.73 Å². The summed E-state index contributed by atoms with van der Waals surface area (Å²) in [5.74, 6) is 0.721. The van der Waals surface area contributed by atoms with Gasteiger partial charge in [0.05, 0.1) is 0 Å². The first-order chi connectivity index (χ1) is 6.68. The maximum atomic E-state index is 5.84. The van der Waals surface area contributed by atoms with Gasteiger partial charge in [-0.15, -0.1) is 0 Å². The van der Waals surface area contributed by atoms with Crippen molar-refractivity contribution >= 4 is 27.2 Å². The molecule has 2 N–H and O–H groups in total. The molecule has 0 aromatic carbocycles. The Morgan fingerprint density at radius 3 is 2.71 bits per heavy atom. The van der Waals surface area contributed by atoms with Crippen molar-refractivity contribution in [1.82, 2.24) is 5.16 Å². The third-order valence-electron chi connectivity index (χ3n) is 2.30. The van der Waals surface area contributed by atoms with E-state index in [4.69, 9.17) is 10.3 Å². The molecule has 0 saturated carbocycles. The van der Waals surface area contributed by atoms with Crippen LogP contribution in [0.15, 0.2) is 21.2 Å². The Labute approximate surface area is 90.8 Å². The fourth-order valence-electron chi connectivity index (χ4n) is 1.41. The van der Waals surface area contributed by atoms with Crippen molar-refractivity contribution in [2.45, 2.75) is 19.8 Å². The van der Waals surface area contributed by atoms with E-state index >= 15 is 0 Å². The van der Waals surface area contributed by atoms with E-state index in [1.54, 1.807) is 0 Å². The number of aryl methyl sites for hydroxylation is 1. The number of anilines is 1. The summed E-state index contributed by atoms with van der Waals surface area (Å²) in [7, 11) is 0. The number of rotatable bonds is 1. The number of hydrogen-bond donors (Lipinski definition) is 1. The smallest absolute Gasteiger partial charge is 0.185 e. The van der Waals surface area contributed by atoms with Gasteiger partial charge < -0.3 is 10.3 Å². The fourth-order valence-corrected chi connectivity index (χ4v) is 1.74. The molecular weight excluding hydrogens is 244 g/mol. The third-order valence-corrected chi connectivity index (χ3v) is 2.96. The zero-order valence-electron chi connectivity index (χ0n) is 7.88. The Morgan fingerprint density at radius 2 is 2.21 bits per heavy atom. The standard InChI is InChI=1S/C10H11BrN2O/c1-6-9(12)10(14-13-6)7-2-4-8(11)5-3-7/h2,4H,3,5,12H2,1H3. The zero-order chi connectivity index (χ0) is 10.1. The summed E-state index contributed by atoms with van der Waals surface area (Å²) >= 11 is 3.45. The van der Waals surface area contributed by atoms with Crippen LogP contribution in [0.25, 0.3) is 5.57 Å². The normalized spacial score (nSPS) is 16.4. The highest BCUT2D eigenvalue weighted by Gasteiger charge is 2.15. The number of nitrogens with two attached hydrogens (primary N) is 1. The molecule has 0 unspecified atom stereocenters. The molecule has 1 aromatic heterocycles. The second-order valence-electron chi connectivity index (χ2n) is 3.32. The molecule has 14 heavy (non-hydrogen) atoms. The first-order valence-corrected chi connectivity index (χ1v) is 5.25. The first kappa shape index (κ1) is 9.52. The van der Waals surface area contributed by atoms with E-state index in [9.17, 15) is 0 Å². The average Bonchev–Trinajstić information content (AvgIpc) is 2.50. The average molecular weight is 255 g/mol. The van der Waals surface area contributed by atoms with Crippen LogP contribution >= 0.6 is 15.9 Å². The van der Waals surface area contributed by atoms with Gasteiger partial charge in [0.15, 0.2) is 5.76 Å². The van der Waals surface area contributed by atoms with Crippen LogP contribution in [0.4, 0.5) is 5.69 Å². The molecule has 0 saturated heterocycles. The fraction of sp³-hybridized carbons (Fsp3) is 0.300. The highest BCUT2D eigenvalue weighted by Crippen LogP contribution is 2.32. The van der Waals surface area contributed by atoms with Gasteiger partial charge in [0.1, 0.15) is 11.4 Å². The Balaban J connectivity index is 2.37. The van der Waals surface area contributed by atoms with Gasteiger partial charge in [-0.1, -0.05) is 33.2 Å². The molecule has 1 aliphatic rings. The van der Waals surface area contributed by atoms with E-state index in [2.05, 4.69) is 21.1 Å². The second-order valence-corrected chi connectivity index (χ2v) is 4.33. The van der Waals surface area contributed by atoms with E-state index in [1.165, 1.54) is 4.48 Å². The molecule has 1 aliphatic carbocycles. The summed E-state index contributed by atoms with van der Waals surface area (Å²) in [6, 6.07) is 0. The Kier molecular flexibility index (Phi) is 2.46. The highest BCUT2D eigenvalue weighted by atomic mass is 79.9. The van der Waals surface area contributed by atoms with E-state index in [-0.39, 0.29) is 0 Å². The number of hydrogen-bond acceptors (Lipinski definition) is 3. The molecule has 2 rings (SSSR count). The summed E-state index contributed by atoms with van der Waals surface area (Å²) in [5, 5.41) is 3.84. The topological polar surface area (TPSA) is 52.0 Å². The zero-order valence-corrected chi connectivity index (χ0v) is 9.47. The van der Waals surface area contributed by atoms with Crippen LogP contribution in [0, 0.1) is 6.92 Å². The van der Waals surface area contributed by atoms with Gasteiger partial charge in [-0.3, -0.25) is 0 Å². The van der Waals surface area contributed by atoms with Crippen LogP contribution in [0.2, 0.25) is 0 Å². The molecule has 1 aromatic rings. The van der Waals surface area contributed by atoms with Gasteiger partial charge >= 0.3 is 0 Å². The molecular formula is C10H11BrN2O. The molecule has 74 valence electrons.